The predicted octanol–water partition coefficient (Wildman–Crippen LogP) is 3.32. The van der Waals surface area contributed by atoms with Crippen LogP contribution in [0.4, 0.5) is 21.6 Å². The Morgan fingerprint density at radius 2 is 1.64 bits per heavy atom. The fraction of sp³-hybridized carbons (Fsp3) is 0.190. The van der Waals surface area contributed by atoms with E-state index in [1.807, 2.05) is 23.1 Å². The van der Waals surface area contributed by atoms with Gasteiger partial charge in [0.2, 0.25) is 0 Å². The minimum atomic E-state index is -0.284. The first-order valence-electron chi connectivity index (χ1n) is 9.13. The molecule has 7 heteroatoms. The third-order valence-corrected chi connectivity index (χ3v) is 4.66. The molecule has 28 heavy (non-hydrogen) atoms. The largest absolute Gasteiger partial charge is 0.354 e. The molecule has 4 rings (SSSR count). The van der Waals surface area contributed by atoms with Crippen molar-refractivity contribution in [2.24, 2.45) is 0 Å². The third kappa shape index (κ3) is 4.09. The zero-order valence-corrected chi connectivity index (χ0v) is 15.3. The molecule has 1 N–H and O–H groups in total. The average molecular weight is 377 g/mol. The topological polar surface area (TPSA) is 61.4 Å². The lowest BCUT2D eigenvalue weighted by Crippen LogP contribution is -2.49. The Morgan fingerprint density at radius 3 is 2.29 bits per heavy atom. The Labute approximate surface area is 162 Å². The number of nitrogens with one attached hydrogen (secondary N) is 1. The molecule has 0 bridgehead atoms. The summed E-state index contributed by atoms with van der Waals surface area (Å²) in [5.74, 6) is 0.575. The van der Waals surface area contributed by atoms with Crippen molar-refractivity contribution in [3.63, 3.8) is 0 Å². The summed E-state index contributed by atoms with van der Waals surface area (Å²) in [5.41, 5.74) is 1.91. The van der Waals surface area contributed by atoms with E-state index in [2.05, 4.69) is 20.2 Å². The van der Waals surface area contributed by atoms with Crippen molar-refractivity contribution < 1.29 is 9.18 Å². The third-order valence-electron chi connectivity index (χ3n) is 4.66. The zero-order chi connectivity index (χ0) is 19.3. The molecule has 1 saturated heterocycles. The van der Waals surface area contributed by atoms with Gasteiger partial charge in [0.15, 0.2) is 0 Å². The minimum absolute atomic E-state index is 0.0750. The van der Waals surface area contributed by atoms with E-state index in [4.69, 9.17) is 0 Å². The van der Waals surface area contributed by atoms with Gasteiger partial charge in [0.05, 0.1) is 11.9 Å². The highest BCUT2D eigenvalue weighted by molar-refractivity contribution is 5.92. The Morgan fingerprint density at radius 1 is 0.893 bits per heavy atom. The SMILES string of the molecule is O=C(c1ccc(Nc2ccc(F)cc2)cn1)N1CCN(c2ccccn2)CC1. The summed E-state index contributed by atoms with van der Waals surface area (Å²) in [6.07, 6.45) is 3.39. The van der Waals surface area contributed by atoms with Crippen LogP contribution in [0.1, 0.15) is 10.5 Å². The zero-order valence-electron chi connectivity index (χ0n) is 15.3. The second-order valence-corrected chi connectivity index (χ2v) is 6.53. The van der Waals surface area contributed by atoms with Crippen molar-refractivity contribution in [2.75, 3.05) is 36.4 Å². The number of pyridine rings is 2. The lowest BCUT2D eigenvalue weighted by Gasteiger charge is -2.35. The van der Waals surface area contributed by atoms with Gasteiger partial charge in [-0.1, -0.05) is 6.07 Å². The fourth-order valence-corrected chi connectivity index (χ4v) is 3.14. The summed E-state index contributed by atoms with van der Waals surface area (Å²) in [6.45, 7) is 2.75. The molecule has 0 unspecified atom stereocenters. The summed E-state index contributed by atoms with van der Waals surface area (Å²) in [5, 5.41) is 3.13. The van der Waals surface area contributed by atoms with E-state index < -0.39 is 0 Å². The first-order chi connectivity index (χ1) is 13.7. The van der Waals surface area contributed by atoms with Crippen LogP contribution in [0, 0.1) is 5.82 Å². The summed E-state index contributed by atoms with van der Waals surface area (Å²) in [6, 6.07) is 15.4. The summed E-state index contributed by atoms with van der Waals surface area (Å²) >= 11 is 0. The molecule has 1 aromatic carbocycles. The Kier molecular flexibility index (Phi) is 5.14. The number of anilines is 3. The van der Waals surface area contributed by atoms with Gasteiger partial charge in [-0.15, -0.1) is 0 Å². The molecule has 0 spiro atoms. The molecule has 1 aliphatic rings. The van der Waals surface area contributed by atoms with Crippen molar-refractivity contribution in [1.82, 2.24) is 14.9 Å². The van der Waals surface area contributed by atoms with Crippen LogP contribution in [-0.2, 0) is 0 Å². The molecule has 1 amide bonds. The molecule has 142 valence electrons. The lowest BCUT2D eigenvalue weighted by molar-refractivity contribution is 0.0740. The molecular formula is C21H20FN5O. The van der Waals surface area contributed by atoms with E-state index in [0.717, 1.165) is 30.3 Å². The van der Waals surface area contributed by atoms with Gasteiger partial charge in [-0.05, 0) is 48.5 Å². The maximum Gasteiger partial charge on any atom is 0.272 e. The smallest absolute Gasteiger partial charge is 0.272 e. The standard InChI is InChI=1S/C21H20FN5O/c22-16-4-6-17(7-5-16)25-18-8-9-19(24-15-18)21(28)27-13-11-26(12-14-27)20-3-1-2-10-23-20/h1-10,15,25H,11-14H2. The monoisotopic (exact) mass is 377 g/mol. The molecule has 0 saturated carbocycles. The lowest BCUT2D eigenvalue weighted by atomic mass is 10.2. The number of aromatic nitrogens is 2. The van der Waals surface area contributed by atoms with Gasteiger partial charge in [0, 0.05) is 38.1 Å². The van der Waals surface area contributed by atoms with Crippen LogP contribution in [0.2, 0.25) is 0 Å². The molecule has 0 aliphatic carbocycles. The molecule has 3 aromatic rings. The first kappa shape index (κ1) is 17.9. The van der Waals surface area contributed by atoms with Gasteiger partial charge >= 0.3 is 0 Å². The van der Waals surface area contributed by atoms with Crippen molar-refractivity contribution >= 4 is 23.1 Å². The Balaban J connectivity index is 1.35. The van der Waals surface area contributed by atoms with Crippen LogP contribution in [0.25, 0.3) is 0 Å². The number of piperazine rings is 1. The maximum absolute atomic E-state index is 13.0. The quantitative estimate of drug-likeness (QED) is 0.756. The van der Waals surface area contributed by atoms with Crippen LogP contribution in [0.15, 0.2) is 67.0 Å². The predicted molar refractivity (Wildman–Crippen MR) is 106 cm³/mol. The van der Waals surface area contributed by atoms with E-state index in [0.29, 0.717) is 18.8 Å². The van der Waals surface area contributed by atoms with Crippen LogP contribution >= 0.6 is 0 Å². The summed E-state index contributed by atoms with van der Waals surface area (Å²) in [4.78, 5) is 25.4. The molecule has 6 nitrogen and oxygen atoms in total. The highest BCUT2D eigenvalue weighted by Gasteiger charge is 2.23. The van der Waals surface area contributed by atoms with Gasteiger partial charge in [-0.25, -0.2) is 14.4 Å². The van der Waals surface area contributed by atoms with Gasteiger partial charge in [0.25, 0.3) is 5.91 Å². The van der Waals surface area contributed by atoms with Crippen molar-refractivity contribution in [2.45, 2.75) is 0 Å². The highest BCUT2D eigenvalue weighted by atomic mass is 19.1. The normalized spacial score (nSPS) is 14.0. The van der Waals surface area contributed by atoms with Crippen molar-refractivity contribution in [1.29, 1.82) is 0 Å². The molecule has 3 heterocycles. The molecular weight excluding hydrogens is 357 g/mol. The number of amides is 1. The molecule has 1 fully saturated rings. The highest BCUT2D eigenvalue weighted by Crippen LogP contribution is 2.18. The van der Waals surface area contributed by atoms with Crippen molar-refractivity contribution in [3.8, 4) is 0 Å². The maximum atomic E-state index is 13.0. The molecule has 1 aliphatic heterocycles. The van der Waals surface area contributed by atoms with Gasteiger partial charge in [-0.3, -0.25) is 4.79 Å². The molecule has 0 atom stereocenters. The number of hydrogen-bond acceptors (Lipinski definition) is 5. The number of rotatable bonds is 4. The number of carbonyl (C=O) groups is 1. The minimum Gasteiger partial charge on any atom is -0.354 e. The van der Waals surface area contributed by atoms with Gasteiger partial charge < -0.3 is 15.1 Å². The number of benzene rings is 1. The molecule has 2 aromatic heterocycles. The summed E-state index contributed by atoms with van der Waals surface area (Å²) < 4.78 is 13.0. The van der Waals surface area contributed by atoms with Gasteiger partial charge in [-0.2, -0.15) is 0 Å². The van der Waals surface area contributed by atoms with E-state index >= 15 is 0 Å². The number of nitrogens with zero attached hydrogens (tertiary/aromatic N) is 4. The van der Waals surface area contributed by atoms with E-state index in [9.17, 15) is 9.18 Å². The van der Waals surface area contributed by atoms with Gasteiger partial charge in [0.1, 0.15) is 17.3 Å². The van der Waals surface area contributed by atoms with E-state index in [-0.39, 0.29) is 11.7 Å². The van der Waals surface area contributed by atoms with E-state index in [1.54, 1.807) is 36.7 Å². The van der Waals surface area contributed by atoms with Crippen LogP contribution < -0.4 is 10.2 Å². The van der Waals surface area contributed by atoms with Crippen LogP contribution in [0.3, 0.4) is 0 Å². The number of carbonyl (C=O) groups excluding carboxylic acids is 1. The second-order valence-electron chi connectivity index (χ2n) is 6.53. The van der Waals surface area contributed by atoms with Crippen LogP contribution in [0.5, 0.6) is 0 Å². The number of halogens is 1. The average Bonchev–Trinajstić information content (AvgIpc) is 2.76. The van der Waals surface area contributed by atoms with E-state index in [1.165, 1.54) is 12.1 Å². The van der Waals surface area contributed by atoms with Crippen LogP contribution in [-0.4, -0.2) is 47.0 Å². The Bertz CT molecular complexity index is 923. The van der Waals surface area contributed by atoms with Crippen molar-refractivity contribution in [3.05, 3.63) is 78.5 Å². The Hall–Kier alpha value is -3.48. The second kappa shape index (κ2) is 8.04. The summed E-state index contributed by atoms with van der Waals surface area (Å²) in [7, 11) is 0. The first-order valence-corrected chi connectivity index (χ1v) is 9.13. The number of hydrogen-bond donors (Lipinski definition) is 1. The molecule has 0 radical (unpaired) electrons. The fourth-order valence-electron chi connectivity index (χ4n) is 3.14.